The second kappa shape index (κ2) is 5.13. The highest BCUT2D eigenvalue weighted by Crippen LogP contribution is 2.16. The molecule has 0 heterocycles. The molecule has 1 nitrogen and oxygen atoms in total. The van der Waals surface area contributed by atoms with Gasteiger partial charge in [-0.3, -0.25) is 0 Å². The van der Waals surface area contributed by atoms with E-state index in [1.807, 2.05) is 6.92 Å². The second-order valence-electron chi connectivity index (χ2n) is 4.48. The van der Waals surface area contributed by atoms with Crippen LogP contribution in [0.15, 0.2) is 30.4 Å². The molecule has 1 aromatic carbocycles. The van der Waals surface area contributed by atoms with Gasteiger partial charge in [-0.15, -0.1) is 0 Å². The van der Waals surface area contributed by atoms with Crippen LogP contribution in [0.5, 0.6) is 0 Å². The SMILES string of the molecule is C=C(C)CNC(C)c1cc(C)cc(C)c1. The van der Waals surface area contributed by atoms with E-state index in [-0.39, 0.29) is 0 Å². The maximum atomic E-state index is 3.89. The molecule has 0 bridgehead atoms. The fraction of sp³-hybridized carbons (Fsp3) is 0.429. The van der Waals surface area contributed by atoms with E-state index in [9.17, 15) is 0 Å². The first-order valence-electron chi connectivity index (χ1n) is 5.45. The van der Waals surface area contributed by atoms with E-state index < -0.39 is 0 Å². The maximum absolute atomic E-state index is 3.89. The molecule has 1 N–H and O–H groups in total. The fourth-order valence-corrected chi connectivity index (χ4v) is 1.71. The molecule has 0 aliphatic carbocycles. The summed E-state index contributed by atoms with van der Waals surface area (Å²) in [4.78, 5) is 0. The van der Waals surface area contributed by atoms with E-state index in [2.05, 4.69) is 50.9 Å². The molecular formula is C14H21N. The average molecular weight is 203 g/mol. The lowest BCUT2D eigenvalue weighted by Gasteiger charge is -2.15. The van der Waals surface area contributed by atoms with Crippen LogP contribution in [0.4, 0.5) is 0 Å². The van der Waals surface area contributed by atoms with Crippen molar-refractivity contribution in [2.24, 2.45) is 0 Å². The van der Waals surface area contributed by atoms with E-state index >= 15 is 0 Å². The Hall–Kier alpha value is -1.08. The molecule has 0 fully saturated rings. The molecule has 1 aromatic rings. The lowest BCUT2D eigenvalue weighted by Crippen LogP contribution is -2.20. The molecular weight excluding hydrogens is 182 g/mol. The minimum Gasteiger partial charge on any atom is -0.306 e. The summed E-state index contributed by atoms with van der Waals surface area (Å²) in [5.74, 6) is 0. The monoisotopic (exact) mass is 203 g/mol. The van der Waals surface area contributed by atoms with Gasteiger partial charge in [-0.05, 0) is 33.3 Å². The zero-order valence-electron chi connectivity index (χ0n) is 10.2. The first-order valence-corrected chi connectivity index (χ1v) is 5.45. The van der Waals surface area contributed by atoms with Crippen molar-refractivity contribution in [2.75, 3.05) is 6.54 Å². The number of benzene rings is 1. The number of rotatable bonds is 4. The van der Waals surface area contributed by atoms with Crippen molar-refractivity contribution in [1.82, 2.24) is 5.32 Å². The molecule has 1 unspecified atom stereocenters. The molecule has 0 radical (unpaired) electrons. The Morgan fingerprint density at radius 1 is 1.27 bits per heavy atom. The normalized spacial score (nSPS) is 12.5. The minimum absolute atomic E-state index is 0.389. The van der Waals surface area contributed by atoms with Crippen molar-refractivity contribution in [3.05, 3.63) is 47.0 Å². The molecule has 1 heteroatoms. The van der Waals surface area contributed by atoms with E-state index in [1.54, 1.807) is 0 Å². The van der Waals surface area contributed by atoms with Gasteiger partial charge in [-0.25, -0.2) is 0 Å². The third-order valence-corrected chi connectivity index (χ3v) is 2.45. The van der Waals surface area contributed by atoms with Crippen LogP contribution in [0.3, 0.4) is 0 Å². The van der Waals surface area contributed by atoms with Gasteiger partial charge in [-0.2, -0.15) is 0 Å². The predicted molar refractivity (Wildman–Crippen MR) is 67.1 cm³/mol. The molecule has 0 aromatic heterocycles. The van der Waals surface area contributed by atoms with Crippen molar-refractivity contribution in [3.8, 4) is 0 Å². The number of nitrogens with one attached hydrogen (secondary N) is 1. The molecule has 15 heavy (non-hydrogen) atoms. The quantitative estimate of drug-likeness (QED) is 0.738. The summed E-state index contributed by atoms with van der Waals surface area (Å²) in [5.41, 5.74) is 5.18. The topological polar surface area (TPSA) is 12.0 Å². The highest BCUT2D eigenvalue weighted by molar-refractivity contribution is 5.30. The highest BCUT2D eigenvalue weighted by atomic mass is 14.9. The Balaban J connectivity index is 2.72. The number of hydrogen-bond acceptors (Lipinski definition) is 1. The van der Waals surface area contributed by atoms with Crippen molar-refractivity contribution in [1.29, 1.82) is 0 Å². The summed E-state index contributed by atoms with van der Waals surface area (Å²) < 4.78 is 0. The van der Waals surface area contributed by atoms with Gasteiger partial charge in [0.1, 0.15) is 0 Å². The van der Waals surface area contributed by atoms with Crippen LogP contribution in [0.1, 0.15) is 36.6 Å². The van der Waals surface area contributed by atoms with Gasteiger partial charge in [-0.1, -0.05) is 41.5 Å². The largest absolute Gasteiger partial charge is 0.306 e. The van der Waals surface area contributed by atoms with E-state index in [0.29, 0.717) is 6.04 Å². The number of aryl methyl sites for hydroxylation is 2. The first kappa shape index (κ1) is 12.0. The average Bonchev–Trinajstić information content (AvgIpc) is 2.12. The molecule has 0 saturated carbocycles. The Labute approximate surface area is 93.2 Å². The molecule has 82 valence electrons. The van der Waals surface area contributed by atoms with Crippen LogP contribution in [-0.2, 0) is 0 Å². The van der Waals surface area contributed by atoms with E-state index in [0.717, 1.165) is 6.54 Å². The Morgan fingerprint density at radius 3 is 2.27 bits per heavy atom. The summed E-state index contributed by atoms with van der Waals surface area (Å²) in [6.07, 6.45) is 0. The lowest BCUT2D eigenvalue weighted by molar-refractivity contribution is 0.606. The van der Waals surface area contributed by atoms with E-state index in [1.165, 1.54) is 22.3 Å². The molecule has 0 spiro atoms. The van der Waals surface area contributed by atoms with Crippen LogP contribution in [0, 0.1) is 13.8 Å². The molecule has 0 aliphatic heterocycles. The third kappa shape index (κ3) is 3.88. The molecule has 0 aliphatic rings. The van der Waals surface area contributed by atoms with Crippen LogP contribution in [0.2, 0.25) is 0 Å². The van der Waals surface area contributed by atoms with Gasteiger partial charge in [0.05, 0.1) is 0 Å². The van der Waals surface area contributed by atoms with Crippen molar-refractivity contribution in [2.45, 2.75) is 33.7 Å². The van der Waals surface area contributed by atoms with Crippen LogP contribution in [0.25, 0.3) is 0 Å². The Kier molecular flexibility index (Phi) is 4.10. The zero-order chi connectivity index (χ0) is 11.4. The second-order valence-corrected chi connectivity index (χ2v) is 4.48. The standard InChI is InChI=1S/C14H21N/c1-10(2)9-15-13(5)14-7-11(3)6-12(4)8-14/h6-8,13,15H,1,9H2,2-5H3. The van der Waals surface area contributed by atoms with Crippen LogP contribution >= 0.6 is 0 Å². The van der Waals surface area contributed by atoms with Crippen LogP contribution < -0.4 is 5.32 Å². The predicted octanol–water partition coefficient (Wildman–Crippen LogP) is 3.53. The molecule has 1 atom stereocenters. The summed E-state index contributed by atoms with van der Waals surface area (Å²) in [7, 11) is 0. The third-order valence-electron chi connectivity index (χ3n) is 2.45. The highest BCUT2D eigenvalue weighted by Gasteiger charge is 2.05. The van der Waals surface area contributed by atoms with Crippen molar-refractivity contribution >= 4 is 0 Å². The molecule has 1 rings (SSSR count). The summed E-state index contributed by atoms with van der Waals surface area (Å²) in [6, 6.07) is 7.07. The summed E-state index contributed by atoms with van der Waals surface area (Å²) >= 11 is 0. The maximum Gasteiger partial charge on any atom is 0.0295 e. The zero-order valence-corrected chi connectivity index (χ0v) is 10.2. The van der Waals surface area contributed by atoms with Gasteiger partial charge in [0, 0.05) is 12.6 Å². The molecule has 0 saturated heterocycles. The van der Waals surface area contributed by atoms with Gasteiger partial charge in [0.2, 0.25) is 0 Å². The first-order chi connectivity index (χ1) is 6.99. The smallest absolute Gasteiger partial charge is 0.0295 e. The summed E-state index contributed by atoms with van der Waals surface area (Å²) in [5, 5.41) is 3.45. The van der Waals surface area contributed by atoms with Crippen molar-refractivity contribution < 1.29 is 0 Å². The van der Waals surface area contributed by atoms with Gasteiger partial charge in [0.15, 0.2) is 0 Å². The lowest BCUT2D eigenvalue weighted by atomic mass is 10.0. The van der Waals surface area contributed by atoms with Gasteiger partial charge in [0.25, 0.3) is 0 Å². The summed E-state index contributed by atoms with van der Waals surface area (Å²) in [6.45, 7) is 13.3. The minimum atomic E-state index is 0.389. The molecule has 0 amide bonds. The fourth-order valence-electron chi connectivity index (χ4n) is 1.71. The Bertz CT molecular complexity index is 332. The van der Waals surface area contributed by atoms with E-state index in [4.69, 9.17) is 0 Å². The number of hydrogen-bond donors (Lipinski definition) is 1. The van der Waals surface area contributed by atoms with Gasteiger partial charge >= 0.3 is 0 Å². The van der Waals surface area contributed by atoms with Gasteiger partial charge < -0.3 is 5.32 Å². The van der Waals surface area contributed by atoms with Crippen LogP contribution in [-0.4, -0.2) is 6.54 Å². The Morgan fingerprint density at radius 2 is 1.80 bits per heavy atom. The van der Waals surface area contributed by atoms with Crippen molar-refractivity contribution in [3.63, 3.8) is 0 Å².